The summed E-state index contributed by atoms with van der Waals surface area (Å²) < 4.78 is 6.12. The molecule has 3 rings (SSSR count). The largest absolute Gasteiger partial charge is 0.411 e. The van der Waals surface area contributed by atoms with Crippen molar-refractivity contribution in [2.45, 2.75) is 16.7 Å². The number of benzene rings is 1. The van der Waals surface area contributed by atoms with Gasteiger partial charge in [0.15, 0.2) is 0 Å². The summed E-state index contributed by atoms with van der Waals surface area (Å²) in [6.45, 7) is 2.04. The number of carbonyl (C=O) groups is 1. The van der Waals surface area contributed by atoms with Crippen molar-refractivity contribution in [3.63, 3.8) is 0 Å². The predicted molar refractivity (Wildman–Crippen MR) is 81.7 cm³/mol. The van der Waals surface area contributed by atoms with Crippen LogP contribution in [0.4, 0.5) is 4.79 Å². The lowest BCUT2D eigenvalue weighted by Crippen LogP contribution is -2.16. The van der Waals surface area contributed by atoms with Crippen LogP contribution in [0.1, 0.15) is 5.56 Å². The van der Waals surface area contributed by atoms with Gasteiger partial charge in [-0.3, -0.25) is 0 Å². The number of primary amides is 1. The molecular weight excluding hydrogens is 292 g/mol. The Labute approximate surface area is 123 Å². The smallest absolute Gasteiger partial charge is 0.392 e. The maximum Gasteiger partial charge on any atom is 0.411 e. The predicted octanol–water partition coefficient (Wildman–Crippen LogP) is 4.15. The van der Waals surface area contributed by atoms with Crippen LogP contribution in [0.5, 0.6) is 5.88 Å². The molecule has 3 N–H and O–H groups in total. The third kappa shape index (κ3) is 2.52. The fraction of sp³-hybridized carbons (Fsp3) is 0.0714. The molecule has 102 valence electrons. The molecule has 0 fully saturated rings. The van der Waals surface area contributed by atoms with Crippen LogP contribution in [0.2, 0.25) is 0 Å². The zero-order valence-corrected chi connectivity index (χ0v) is 12.3. The van der Waals surface area contributed by atoms with E-state index >= 15 is 0 Å². The number of fused-ring (bicyclic) bond motifs is 1. The lowest BCUT2D eigenvalue weighted by Gasteiger charge is -2.04. The van der Waals surface area contributed by atoms with Gasteiger partial charge in [-0.25, -0.2) is 4.79 Å². The summed E-state index contributed by atoms with van der Waals surface area (Å²) in [6, 6.07) is 10.1. The van der Waals surface area contributed by atoms with E-state index in [-0.39, 0.29) is 0 Å². The summed E-state index contributed by atoms with van der Waals surface area (Å²) in [5, 5.41) is 2.00. The van der Waals surface area contributed by atoms with Crippen molar-refractivity contribution < 1.29 is 9.53 Å². The summed E-state index contributed by atoms with van der Waals surface area (Å²) in [5.74, 6) is 0.408. The molecule has 1 aromatic carbocycles. The number of thiophene rings is 1. The Hall–Kier alpha value is -1.92. The van der Waals surface area contributed by atoms with Gasteiger partial charge in [-0.05, 0) is 30.5 Å². The van der Waals surface area contributed by atoms with Crippen molar-refractivity contribution in [3.05, 3.63) is 41.3 Å². The molecule has 1 amide bonds. The number of amides is 1. The first kappa shape index (κ1) is 13.1. The fourth-order valence-corrected chi connectivity index (χ4v) is 4.00. The Morgan fingerprint density at radius 1 is 1.40 bits per heavy atom. The van der Waals surface area contributed by atoms with Gasteiger partial charge in [0.05, 0.1) is 15.1 Å². The van der Waals surface area contributed by atoms with Crippen LogP contribution < -0.4 is 10.5 Å². The second kappa shape index (κ2) is 5.22. The topological polar surface area (TPSA) is 68.1 Å². The molecule has 0 saturated heterocycles. The van der Waals surface area contributed by atoms with Crippen LogP contribution in [0, 0.1) is 6.92 Å². The molecular formula is C14H12N2O2S2. The standard InChI is InChI=1S/C14H12N2O2S2/c1-8-3-2-4-9(7-8)20-12-11-10(5-6-19-11)16-13(12)18-14(15)17/h2-7,16H,1H3,(H2,15,17). The van der Waals surface area contributed by atoms with E-state index < -0.39 is 6.09 Å². The summed E-state index contributed by atoms with van der Waals surface area (Å²) in [7, 11) is 0. The van der Waals surface area contributed by atoms with E-state index in [9.17, 15) is 4.79 Å². The van der Waals surface area contributed by atoms with Crippen LogP contribution >= 0.6 is 23.1 Å². The fourth-order valence-electron chi connectivity index (χ4n) is 1.93. The van der Waals surface area contributed by atoms with Crippen LogP contribution in [0.15, 0.2) is 45.5 Å². The summed E-state index contributed by atoms with van der Waals surface area (Å²) in [5.41, 5.74) is 7.25. The molecule has 2 aromatic heterocycles. The number of aromatic amines is 1. The first-order chi connectivity index (χ1) is 9.63. The maximum absolute atomic E-state index is 11.0. The minimum Gasteiger partial charge on any atom is -0.392 e. The van der Waals surface area contributed by atoms with E-state index in [1.165, 1.54) is 5.56 Å². The normalized spacial score (nSPS) is 10.8. The molecule has 0 saturated carbocycles. The van der Waals surface area contributed by atoms with Gasteiger partial charge in [0.25, 0.3) is 0 Å². The average molecular weight is 304 g/mol. The minimum atomic E-state index is -0.815. The minimum absolute atomic E-state index is 0.408. The van der Waals surface area contributed by atoms with E-state index in [2.05, 4.69) is 11.1 Å². The molecule has 6 heteroatoms. The highest BCUT2D eigenvalue weighted by Crippen LogP contribution is 2.43. The molecule has 0 spiro atoms. The van der Waals surface area contributed by atoms with Gasteiger partial charge < -0.3 is 15.5 Å². The average Bonchev–Trinajstić information content (AvgIpc) is 2.93. The van der Waals surface area contributed by atoms with Crippen molar-refractivity contribution in [1.82, 2.24) is 4.98 Å². The molecule has 0 radical (unpaired) electrons. The Morgan fingerprint density at radius 3 is 3.00 bits per heavy atom. The summed E-state index contributed by atoms with van der Waals surface area (Å²) >= 11 is 3.16. The number of aryl methyl sites for hydroxylation is 1. The molecule has 4 nitrogen and oxygen atoms in total. The first-order valence-corrected chi connectivity index (χ1v) is 7.64. The molecule has 0 atom stereocenters. The van der Waals surface area contributed by atoms with Gasteiger partial charge >= 0.3 is 6.09 Å². The lowest BCUT2D eigenvalue weighted by molar-refractivity contribution is 0.208. The highest BCUT2D eigenvalue weighted by atomic mass is 32.2. The second-order valence-corrected chi connectivity index (χ2v) is 6.29. The van der Waals surface area contributed by atoms with E-state index in [0.717, 1.165) is 20.0 Å². The number of nitrogens with two attached hydrogens (primary N) is 1. The van der Waals surface area contributed by atoms with Crippen LogP contribution in [-0.4, -0.2) is 11.1 Å². The van der Waals surface area contributed by atoms with Crippen LogP contribution in [0.3, 0.4) is 0 Å². The van der Waals surface area contributed by atoms with Gasteiger partial charge in [0.2, 0.25) is 5.88 Å². The number of carbonyl (C=O) groups excluding carboxylic acids is 1. The summed E-state index contributed by atoms with van der Waals surface area (Å²) in [4.78, 5) is 16.1. The Balaban J connectivity index is 2.03. The first-order valence-electron chi connectivity index (χ1n) is 5.94. The molecule has 0 bridgehead atoms. The molecule has 2 heterocycles. The quantitative estimate of drug-likeness (QED) is 0.764. The van der Waals surface area contributed by atoms with Crippen molar-refractivity contribution in [1.29, 1.82) is 0 Å². The van der Waals surface area contributed by atoms with E-state index in [0.29, 0.717) is 5.88 Å². The molecule has 0 aliphatic carbocycles. The third-order valence-corrected chi connectivity index (χ3v) is 4.88. The highest BCUT2D eigenvalue weighted by Gasteiger charge is 2.17. The number of rotatable bonds is 3. The van der Waals surface area contributed by atoms with E-state index in [4.69, 9.17) is 10.5 Å². The monoisotopic (exact) mass is 304 g/mol. The molecule has 0 aliphatic heterocycles. The Bertz CT molecular complexity index is 776. The summed E-state index contributed by atoms with van der Waals surface area (Å²) in [6.07, 6.45) is -0.815. The van der Waals surface area contributed by atoms with E-state index in [1.54, 1.807) is 23.1 Å². The number of H-pyrrole nitrogens is 1. The number of hydrogen-bond acceptors (Lipinski definition) is 4. The molecule has 0 aliphatic rings. The van der Waals surface area contributed by atoms with Crippen molar-refractivity contribution in [3.8, 4) is 5.88 Å². The Morgan fingerprint density at radius 2 is 2.25 bits per heavy atom. The third-order valence-electron chi connectivity index (χ3n) is 2.74. The highest BCUT2D eigenvalue weighted by molar-refractivity contribution is 7.99. The number of hydrogen-bond donors (Lipinski definition) is 2. The van der Waals surface area contributed by atoms with Crippen LogP contribution in [0.25, 0.3) is 10.2 Å². The SMILES string of the molecule is Cc1cccc(Sc2c(OC(N)=O)[nH]c3ccsc23)c1. The van der Waals surface area contributed by atoms with Gasteiger partial charge in [0, 0.05) is 4.90 Å². The number of aromatic nitrogens is 1. The zero-order valence-electron chi connectivity index (χ0n) is 10.7. The van der Waals surface area contributed by atoms with Gasteiger partial charge in [0.1, 0.15) is 0 Å². The zero-order chi connectivity index (χ0) is 14.1. The number of ether oxygens (including phenoxy) is 1. The van der Waals surface area contributed by atoms with Gasteiger partial charge in [-0.1, -0.05) is 29.5 Å². The lowest BCUT2D eigenvalue weighted by atomic mass is 10.2. The van der Waals surface area contributed by atoms with Crippen molar-refractivity contribution >= 4 is 39.4 Å². The number of nitrogens with one attached hydrogen (secondary N) is 1. The second-order valence-electron chi connectivity index (χ2n) is 4.29. The van der Waals surface area contributed by atoms with Gasteiger partial charge in [-0.2, -0.15) is 0 Å². The van der Waals surface area contributed by atoms with Crippen molar-refractivity contribution in [2.75, 3.05) is 0 Å². The maximum atomic E-state index is 11.0. The molecule has 3 aromatic rings. The molecule has 20 heavy (non-hydrogen) atoms. The van der Waals surface area contributed by atoms with Crippen molar-refractivity contribution in [2.24, 2.45) is 5.73 Å². The van der Waals surface area contributed by atoms with Gasteiger partial charge in [-0.15, -0.1) is 11.3 Å². The van der Waals surface area contributed by atoms with E-state index in [1.807, 2.05) is 36.6 Å². The molecule has 0 unspecified atom stereocenters. The Kier molecular flexibility index (Phi) is 3.42. The van der Waals surface area contributed by atoms with Crippen LogP contribution in [-0.2, 0) is 0 Å².